The molecule has 0 bridgehead atoms. The van der Waals surface area contributed by atoms with Crippen LogP contribution in [0.5, 0.6) is 5.75 Å². The third-order valence-electron chi connectivity index (χ3n) is 4.52. The van der Waals surface area contributed by atoms with Crippen molar-refractivity contribution >= 4 is 27.7 Å². The van der Waals surface area contributed by atoms with E-state index in [1.165, 1.54) is 0 Å². The Morgan fingerprint density at radius 3 is 2.74 bits per heavy atom. The molecule has 136 valence electrons. The van der Waals surface area contributed by atoms with Gasteiger partial charge in [0.2, 0.25) is 0 Å². The van der Waals surface area contributed by atoms with Gasteiger partial charge in [0.15, 0.2) is 6.61 Å². The summed E-state index contributed by atoms with van der Waals surface area (Å²) in [6.07, 6.45) is 2.68. The second-order valence-corrected chi connectivity index (χ2v) is 6.43. The predicted octanol–water partition coefficient (Wildman–Crippen LogP) is 3.77. The topological polar surface area (TPSA) is 56.1 Å². The number of hydrogen-bond donors (Lipinski definition) is 1. The van der Waals surface area contributed by atoms with Crippen LogP contribution in [-0.2, 0) is 11.3 Å². The zero-order valence-corrected chi connectivity index (χ0v) is 15.0. The molecule has 0 unspecified atom stereocenters. The van der Waals surface area contributed by atoms with Crippen LogP contribution in [0.4, 0.5) is 0 Å². The number of amides is 1. The first kappa shape index (κ1) is 17.1. The lowest BCUT2D eigenvalue weighted by molar-refractivity contribution is -0.123. The molecule has 0 radical (unpaired) electrons. The molecule has 0 saturated carbocycles. The van der Waals surface area contributed by atoms with Crippen LogP contribution in [0.15, 0.2) is 73.1 Å². The number of benzene rings is 3. The van der Waals surface area contributed by atoms with E-state index in [1.54, 1.807) is 0 Å². The number of carbonyl (C=O) groups excluding carboxylic acids is 1. The van der Waals surface area contributed by atoms with E-state index in [2.05, 4.69) is 27.0 Å². The molecular weight excluding hydrogens is 338 g/mol. The number of ether oxygens (including phenoxy) is 1. The zero-order valence-electron chi connectivity index (χ0n) is 15.0. The van der Waals surface area contributed by atoms with Crippen molar-refractivity contribution < 1.29 is 9.53 Å². The Morgan fingerprint density at radius 2 is 1.81 bits per heavy atom. The van der Waals surface area contributed by atoms with E-state index in [0.29, 0.717) is 12.3 Å². The minimum absolute atomic E-state index is 0.0202. The summed E-state index contributed by atoms with van der Waals surface area (Å²) in [6, 6.07) is 21.9. The van der Waals surface area contributed by atoms with E-state index in [0.717, 1.165) is 34.8 Å². The first-order chi connectivity index (χ1) is 13.3. The Kier molecular flexibility index (Phi) is 5.01. The number of rotatable bonds is 7. The number of imidazole rings is 1. The monoisotopic (exact) mass is 359 g/mol. The van der Waals surface area contributed by atoms with Gasteiger partial charge < -0.3 is 14.6 Å². The number of para-hydroxylation sites is 2. The third-order valence-corrected chi connectivity index (χ3v) is 4.52. The van der Waals surface area contributed by atoms with Gasteiger partial charge in [0.1, 0.15) is 5.75 Å². The molecule has 0 aliphatic rings. The molecule has 1 heterocycles. The predicted molar refractivity (Wildman–Crippen MR) is 107 cm³/mol. The molecule has 1 amide bonds. The van der Waals surface area contributed by atoms with Crippen LogP contribution < -0.4 is 10.1 Å². The maximum atomic E-state index is 12.0. The summed E-state index contributed by atoms with van der Waals surface area (Å²) in [4.78, 5) is 16.4. The van der Waals surface area contributed by atoms with Crippen molar-refractivity contribution in [3.63, 3.8) is 0 Å². The number of hydrogen-bond acceptors (Lipinski definition) is 3. The Morgan fingerprint density at radius 1 is 1.00 bits per heavy atom. The van der Waals surface area contributed by atoms with Crippen LogP contribution in [0.25, 0.3) is 21.8 Å². The molecular formula is C22H21N3O2. The normalized spacial score (nSPS) is 11.0. The molecule has 4 aromatic rings. The van der Waals surface area contributed by atoms with Gasteiger partial charge in [0.25, 0.3) is 5.91 Å². The maximum Gasteiger partial charge on any atom is 0.257 e. The van der Waals surface area contributed by atoms with Crippen LogP contribution >= 0.6 is 0 Å². The third kappa shape index (κ3) is 4.08. The smallest absolute Gasteiger partial charge is 0.257 e. The molecule has 1 N–H and O–H groups in total. The van der Waals surface area contributed by atoms with Crippen LogP contribution in [0.3, 0.4) is 0 Å². The quantitative estimate of drug-likeness (QED) is 0.511. The van der Waals surface area contributed by atoms with Gasteiger partial charge in [0.05, 0.1) is 17.4 Å². The largest absolute Gasteiger partial charge is 0.484 e. The highest BCUT2D eigenvalue weighted by molar-refractivity contribution is 5.84. The molecule has 5 heteroatoms. The number of aryl methyl sites for hydroxylation is 1. The fraction of sp³-hybridized carbons (Fsp3) is 0.182. The molecule has 3 aromatic carbocycles. The summed E-state index contributed by atoms with van der Waals surface area (Å²) in [5.74, 6) is 0.590. The van der Waals surface area contributed by atoms with Gasteiger partial charge in [0, 0.05) is 13.1 Å². The Hall–Kier alpha value is -3.34. The molecule has 0 fully saturated rings. The highest BCUT2D eigenvalue weighted by atomic mass is 16.5. The van der Waals surface area contributed by atoms with E-state index in [1.807, 2.05) is 60.9 Å². The fourth-order valence-electron chi connectivity index (χ4n) is 3.12. The Balaban J connectivity index is 1.22. The average Bonchev–Trinajstić information content (AvgIpc) is 3.13. The van der Waals surface area contributed by atoms with Crippen molar-refractivity contribution in [2.45, 2.75) is 13.0 Å². The van der Waals surface area contributed by atoms with Gasteiger partial charge in [-0.15, -0.1) is 0 Å². The second-order valence-electron chi connectivity index (χ2n) is 6.43. The SMILES string of the molecule is O=C(COc1ccc2ccccc2c1)NCCCn1cnc2ccccc21. The highest BCUT2D eigenvalue weighted by Gasteiger charge is 2.04. The molecule has 4 rings (SSSR count). The zero-order chi connectivity index (χ0) is 18.5. The first-order valence-electron chi connectivity index (χ1n) is 9.08. The van der Waals surface area contributed by atoms with Gasteiger partial charge >= 0.3 is 0 Å². The second kappa shape index (κ2) is 7.91. The average molecular weight is 359 g/mol. The van der Waals surface area contributed by atoms with Gasteiger partial charge in [-0.1, -0.05) is 42.5 Å². The van der Waals surface area contributed by atoms with Crippen LogP contribution in [-0.4, -0.2) is 28.6 Å². The molecule has 27 heavy (non-hydrogen) atoms. The lowest BCUT2D eigenvalue weighted by atomic mass is 10.1. The van der Waals surface area contributed by atoms with Crippen LogP contribution in [0, 0.1) is 0 Å². The lowest BCUT2D eigenvalue weighted by Gasteiger charge is -2.09. The van der Waals surface area contributed by atoms with Gasteiger partial charge in [-0.05, 0) is 41.5 Å². The van der Waals surface area contributed by atoms with E-state index in [4.69, 9.17) is 4.74 Å². The van der Waals surface area contributed by atoms with Crippen LogP contribution in [0.1, 0.15) is 6.42 Å². The number of aromatic nitrogens is 2. The summed E-state index contributed by atoms with van der Waals surface area (Å²) >= 11 is 0. The summed E-state index contributed by atoms with van der Waals surface area (Å²) < 4.78 is 7.71. The van der Waals surface area contributed by atoms with Crippen molar-refractivity contribution in [3.05, 3.63) is 73.1 Å². The summed E-state index contributed by atoms with van der Waals surface area (Å²) in [5, 5.41) is 5.16. The van der Waals surface area contributed by atoms with E-state index >= 15 is 0 Å². The molecule has 0 spiro atoms. The van der Waals surface area contributed by atoms with Crippen molar-refractivity contribution in [2.24, 2.45) is 0 Å². The summed E-state index contributed by atoms with van der Waals surface area (Å²) in [5.41, 5.74) is 2.11. The minimum Gasteiger partial charge on any atom is -0.484 e. The highest BCUT2D eigenvalue weighted by Crippen LogP contribution is 2.20. The Labute approximate surface area is 157 Å². The van der Waals surface area contributed by atoms with Gasteiger partial charge in [-0.3, -0.25) is 4.79 Å². The molecule has 5 nitrogen and oxygen atoms in total. The molecule has 1 aromatic heterocycles. The number of carbonyl (C=O) groups is 1. The number of nitrogens with zero attached hydrogens (tertiary/aromatic N) is 2. The van der Waals surface area contributed by atoms with Crippen molar-refractivity contribution in [1.29, 1.82) is 0 Å². The van der Waals surface area contributed by atoms with Crippen molar-refractivity contribution in [1.82, 2.24) is 14.9 Å². The number of nitrogens with one attached hydrogen (secondary N) is 1. The van der Waals surface area contributed by atoms with Gasteiger partial charge in [-0.25, -0.2) is 4.98 Å². The minimum atomic E-state index is -0.112. The molecule has 0 aliphatic carbocycles. The van der Waals surface area contributed by atoms with Crippen molar-refractivity contribution in [3.8, 4) is 5.75 Å². The van der Waals surface area contributed by atoms with Gasteiger partial charge in [-0.2, -0.15) is 0 Å². The van der Waals surface area contributed by atoms with E-state index in [-0.39, 0.29) is 12.5 Å². The Bertz CT molecular complexity index is 1070. The number of fused-ring (bicyclic) bond motifs is 2. The molecule has 0 atom stereocenters. The first-order valence-corrected chi connectivity index (χ1v) is 9.08. The molecule has 0 aliphatic heterocycles. The standard InChI is InChI=1S/C22H21N3O2/c26-22(15-27-19-11-10-17-6-1-2-7-18(17)14-19)23-12-5-13-25-16-24-20-8-3-4-9-21(20)25/h1-4,6-11,14,16H,5,12-13,15H2,(H,23,26). The fourth-order valence-corrected chi connectivity index (χ4v) is 3.12. The van der Waals surface area contributed by atoms with E-state index in [9.17, 15) is 4.79 Å². The summed E-state index contributed by atoms with van der Waals surface area (Å²) in [7, 11) is 0. The van der Waals surface area contributed by atoms with Crippen molar-refractivity contribution in [2.75, 3.05) is 13.2 Å². The van der Waals surface area contributed by atoms with Crippen LogP contribution in [0.2, 0.25) is 0 Å². The maximum absolute atomic E-state index is 12.0. The summed E-state index contributed by atoms with van der Waals surface area (Å²) in [6.45, 7) is 1.44. The van der Waals surface area contributed by atoms with E-state index < -0.39 is 0 Å². The lowest BCUT2D eigenvalue weighted by Crippen LogP contribution is -2.30. The molecule has 0 saturated heterocycles.